The van der Waals surface area contributed by atoms with Crippen LogP contribution in [-0.2, 0) is 8.27 Å². The molecule has 0 aliphatic rings. The molecule has 0 spiro atoms. The van der Waals surface area contributed by atoms with Crippen molar-refractivity contribution in [2.75, 3.05) is 0 Å². The Morgan fingerprint density at radius 3 is 1.33 bits per heavy atom. The number of hydrogen-bond acceptors (Lipinski definition) is 5. The molecule has 9 heavy (non-hydrogen) atoms. The van der Waals surface area contributed by atoms with Gasteiger partial charge in [0.05, 0.1) is 0 Å². The molecule has 0 atom stereocenters. The van der Waals surface area contributed by atoms with E-state index in [0.717, 1.165) is 0 Å². The van der Waals surface area contributed by atoms with E-state index in [1.54, 1.807) is 0 Å². The molecule has 2 radical (unpaired) electrons. The van der Waals surface area contributed by atoms with Crippen LogP contribution < -0.4 is 13.7 Å². The van der Waals surface area contributed by atoms with Crippen molar-refractivity contribution in [1.82, 2.24) is 0 Å². The van der Waals surface area contributed by atoms with E-state index in [-0.39, 0.29) is 49.3 Å². The molecule has 0 aromatic carbocycles. The van der Waals surface area contributed by atoms with E-state index in [2.05, 4.69) is 0 Å². The van der Waals surface area contributed by atoms with Crippen LogP contribution in [0.4, 0.5) is 0 Å². The van der Waals surface area contributed by atoms with E-state index in [1.165, 1.54) is 0 Å². The van der Waals surface area contributed by atoms with Gasteiger partial charge in [-0.25, -0.2) is 0 Å². The maximum absolute atomic E-state index is 8.52. The molecule has 0 unspecified atom stereocenters. The predicted octanol–water partition coefficient (Wildman–Crippen LogP) is -5.86. The first-order valence-electron chi connectivity index (χ1n) is 1.08. The van der Waals surface area contributed by atoms with Gasteiger partial charge in [-0.15, -0.1) is 0 Å². The molecule has 0 bridgehead atoms. The molecule has 0 saturated carbocycles. The average molecular weight is 370 g/mol. The molecule has 0 amide bonds. The van der Waals surface area contributed by atoms with E-state index >= 15 is 0 Å². The molecule has 0 aromatic heterocycles. The quantitative estimate of drug-likeness (QED) is 0.395. The Kier molecular flexibility index (Phi) is 56.7. The Labute approximate surface area is 94.9 Å². The van der Waals surface area contributed by atoms with Crippen LogP contribution in [0.1, 0.15) is 0 Å². The Morgan fingerprint density at radius 2 is 1.33 bits per heavy atom. The maximum atomic E-state index is 8.52. The van der Waals surface area contributed by atoms with Gasteiger partial charge in [0.25, 0.3) is 0 Å². The first-order valence-corrected chi connectivity index (χ1v) is 3.25. The van der Waals surface area contributed by atoms with E-state index in [1.807, 2.05) is 0 Å². The standard InChI is InChI=1S/Al.Bi.Mg.O3Si.2O.2H/c;;;1-4(2)3;;;;/q;+3;;-2;;-1;;. The van der Waals surface area contributed by atoms with Crippen LogP contribution in [0, 0.1) is 0 Å². The van der Waals surface area contributed by atoms with Crippen molar-refractivity contribution in [2.45, 2.75) is 0 Å². The van der Waals surface area contributed by atoms with Crippen molar-refractivity contribution in [2.24, 2.45) is 0 Å². The van der Waals surface area contributed by atoms with Crippen molar-refractivity contribution < 1.29 is 22.0 Å². The molecule has 46 valence electrons. The van der Waals surface area contributed by atoms with E-state index in [4.69, 9.17) is 22.0 Å². The molecule has 0 fully saturated rings. The van der Waals surface area contributed by atoms with Crippen molar-refractivity contribution >= 4 is 73.9 Å². The predicted molar refractivity (Wildman–Crippen MR) is 27.2 cm³/mol. The van der Waals surface area contributed by atoms with Gasteiger partial charge in [0, 0.05) is 9.17 Å². The molecular formula is H2AlBiMgO5Si. The third kappa shape index (κ3) is 263. The summed E-state index contributed by atoms with van der Waals surface area (Å²) in [5.74, 6) is 0. The third-order valence-corrected chi connectivity index (χ3v) is 0. The van der Waals surface area contributed by atoms with Crippen LogP contribution in [0.5, 0.6) is 0 Å². The Balaban J connectivity index is -0.0000000233. The first-order chi connectivity index (χ1) is 3.15. The summed E-state index contributed by atoms with van der Waals surface area (Å²) in [5.41, 5.74) is 0. The second-order valence-electron chi connectivity index (χ2n) is 0.346. The normalized spacial score (nSPS) is 3.56. The summed E-state index contributed by atoms with van der Waals surface area (Å²) >= 11 is -1.75. The second kappa shape index (κ2) is 22.7. The van der Waals surface area contributed by atoms with Gasteiger partial charge in [0.15, 0.2) is 0 Å². The van der Waals surface area contributed by atoms with E-state index < -0.39 is 24.7 Å². The van der Waals surface area contributed by atoms with Gasteiger partial charge >= 0.3 is 72.7 Å². The molecular weight excluding hydrogens is 368 g/mol. The fourth-order valence-electron chi connectivity index (χ4n) is 0. The van der Waals surface area contributed by atoms with Crippen molar-refractivity contribution in [3.05, 3.63) is 0 Å². The summed E-state index contributed by atoms with van der Waals surface area (Å²) in [7, 11) is -3.63. The van der Waals surface area contributed by atoms with E-state index in [0.29, 0.717) is 0 Å². The summed E-state index contributed by atoms with van der Waals surface area (Å²) in [6.07, 6.45) is 0. The van der Waals surface area contributed by atoms with Gasteiger partial charge in [-0.05, 0) is 0 Å². The van der Waals surface area contributed by atoms with Gasteiger partial charge in [-0.3, -0.25) is 0 Å². The van der Waals surface area contributed by atoms with Crippen LogP contribution in [0.3, 0.4) is 0 Å². The Morgan fingerprint density at radius 1 is 1.33 bits per heavy atom. The topological polar surface area (TPSA) is 103 Å². The summed E-state index contributed by atoms with van der Waals surface area (Å²) in [4.78, 5) is 17.0. The second-order valence-corrected chi connectivity index (χ2v) is 1.04. The molecule has 0 rings (SSSR count). The SMILES string of the molecule is O=[Si]([O-])[O-].[Bi+3].[MgH2].[O]=[Al][O-]. The molecule has 0 aliphatic carbocycles. The Hall–Kier alpha value is 1.40. The Bertz CT molecular complexity index is 64.0. The minimum absolute atomic E-state index is 0. The monoisotopic (exact) mass is 370 g/mol. The van der Waals surface area contributed by atoms with Crippen molar-refractivity contribution in [3.8, 4) is 0 Å². The van der Waals surface area contributed by atoms with Crippen LogP contribution >= 0.6 is 0 Å². The zero-order chi connectivity index (χ0) is 6.28. The summed E-state index contributed by atoms with van der Waals surface area (Å²) < 4.78 is 25.4. The van der Waals surface area contributed by atoms with Crippen molar-refractivity contribution in [3.63, 3.8) is 0 Å². The molecule has 0 aliphatic heterocycles. The van der Waals surface area contributed by atoms with Gasteiger partial charge in [-0.1, -0.05) is 0 Å². The summed E-state index contributed by atoms with van der Waals surface area (Å²) in [5, 5.41) is 0. The zero-order valence-electron chi connectivity index (χ0n) is 3.57. The van der Waals surface area contributed by atoms with Gasteiger partial charge in [-0.2, -0.15) is 0 Å². The molecule has 5 nitrogen and oxygen atoms in total. The summed E-state index contributed by atoms with van der Waals surface area (Å²) in [6.45, 7) is 0. The van der Waals surface area contributed by atoms with Gasteiger partial charge in [0.2, 0.25) is 0 Å². The number of rotatable bonds is 0. The van der Waals surface area contributed by atoms with Gasteiger partial charge in [0.1, 0.15) is 0 Å². The molecule has 0 aromatic rings. The zero-order valence-corrected chi connectivity index (χ0v) is 9.20. The molecule has 0 saturated heterocycles. The molecule has 0 heterocycles. The molecule has 9 heteroatoms. The van der Waals surface area contributed by atoms with E-state index in [9.17, 15) is 0 Å². The summed E-state index contributed by atoms with van der Waals surface area (Å²) in [6, 6.07) is 0. The van der Waals surface area contributed by atoms with Crippen LogP contribution in [-0.4, -0.2) is 73.9 Å². The fraction of sp³-hybridized carbons (Fsp3) is 0. The van der Waals surface area contributed by atoms with Crippen LogP contribution in [0.25, 0.3) is 0 Å². The van der Waals surface area contributed by atoms with Crippen LogP contribution in [0.15, 0.2) is 0 Å². The number of hydrogen-bond donors (Lipinski definition) is 0. The first kappa shape index (κ1) is 22.4. The average Bonchev–Trinajstić information content (AvgIpc) is 1.33. The minimum atomic E-state index is -3.63. The van der Waals surface area contributed by atoms with Crippen molar-refractivity contribution in [1.29, 1.82) is 0 Å². The van der Waals surface area contributed by atoms with Crippen LogP contribution in [0.2, 0.25) is 0 Å². The molecule has 0 N–H and O–H groups in total. The van der Waals surface area contributed by atoms with Gasteiger partial charge < -0.3 is 14.1 Å². The third-order valence-electron chi connectivity index (χ3n) is 0. The fourth-order valence-corrected chi connectivity index (χ4v) is 0.